The van der Waals surface area contributed by atoms with Crippen molar-refractivity contribution in [3.8, 4) is 0 Å². The maximum Gasteiger partial charge on any atom is 0.229 e. The molecular weight excluding hydrogens is 212 g/mol. The number of amides is 1. The summed E-state index contributed by atoms with van der Waals surface area (Å²) in [6, 6.07) is 16.7. The second-order valence-corrected chi connectivity index (χ2v) is 3.87. The quantitative estimate of drug-likeness (QED) is 0.784. The number of anilines is 1. The number of carbonyl (C=O) groups excluding carboxylic acids is 1. The Morgan fingerprint density at radius 2 is 1.53 bits per heavy atom. The molecule has 2 aromatic carbocycles. The summed E-state index contributed by atoms with van der Waals surface area (Å²) in [7, 11) is 0. The molecule has 0 bridgehead atoms. The Labute approximate surface area is 100 Å². The monoisotopic (exact) mass is 226 g/mol. The van der Waals surface area contributed by atoms with Crippen molar-refractivity contribution < 1.29 is 4.79 Å². The minimum absolute atomic E-state index is 0.394. The summed E-state index contributed by atoms with van der Waals surface area (Å²) in [5.74, 6) is -0.883. The first-order chi connectivity index (χ1) is 8.20. The normalized spacial score (nSPS) is 12.0. The fourth-order valence-electron chi connectivity index (χ4n) is 1.92. The maximum absolute atomic E-state index is 11.6. The van der Waals surface area contributed by atoms with Crippen molar-refractivity contribution >= 4 is 11.6 Å². The third kappa shape index (κ3) is 2.28. The van der Waals surface area contributed by atoms with Crippen molar-refractivity contribution in [2.24, 2.45) is 5.73 Å². The Morgan fingerprint density at radius 1 is 0.941 bits per heavy atom. The van der Waals surface area contributed by atoms with E-state index in [1.54, 1.807) is 6.07 Å². The van der Waals surface area contributed by atoms with Crippen LogP contribution in [-0.4, -0.2) is 5.91 Å². The van der Waals surface area contributed by atoms with E-state index in [4.69, 9.17) is 11.5 Å². The molecule has 0 aromatic heterocycles. The van der Waals surface area contributed by atoms with Gasteiger partial charge >= 0.3 is 0 Å². The van der Waals surface area contributed by atoms with Gasteiger partial charge in [0.15, 0.2) is 0 Å². The highest BCUT2D eigenvalue weighted by molar-refractivity contribution is 5.87. The van der Waals surface area contributed by atoms with Crippen LogP contribution in [0.2, 0.25) is 0 Å². The molecule has 17 heavy (non-hydrogen) atoms. The molecule has 0 aliphatic heterocycles. The highest BCUT2D eigenvalue weighted by Crippen LogP contribution is 2.28. The molecule has 1 amide bonds. The van der Waals surface area contributed by atoms with Crippen molar-refractivity contribution in [3.05, 3.63) is 65.7 Å². The lowest BCUT2D eigenvalue weighted by molar-refractivity contribution is -0.118. The number of nitrogen functional groups attached to an aromatic ring is 1. The van der Waals surface area contributed by atoms with E-state index in [0.717, 1.165) is 11.1 Å². The highest BCUT2D eigenvalue weighted by Gasteiger charge is 2.21. The average Bonchev–Trinajstić information content (AvgIpc) is 2.33. The maximum atomic E-state index is 11.6. The summed E-state index contributed by atoms with van der Waals surface area (Å²) in [4.78, 5) is 11.6. The predicted octanol–water partition coefficient (Wildman–Crippen LogP) is 1.89. The highest BCUT2D eigenvalue weighted by atomic mass is 16.1. The molecule has 3 nitrogen and oxygen atoms in total. The van der Waals surface area contributed by atoms with Crippen molar-refractivity contribution in [1.82, 2.24) is 0 Å². The summed E-state index contributed by atoms with van der Waals surface area (Å²) < 4.78 is 0. The van der Waals surface area contributed by atoms with E-state index < -0.39 is 11.8 Å². The van der Waals surface area contributed by atoms with Crippen LogP contribution in [0.4, 0.5) is 5.69 Å². The number of rotatable bonds is 3. The van der Waals surface area contributed by atoms with Crippen LogP contribution in [0.1, 0.15) is 17.0 Å². The molecule has 2 aromatic rings. The van der Waals surface area contributed by atoms with E-state index in [0.29, 0.717) is 5.69 Å². The van der Waals surface area contributed by atoms with Gasteiger partial charge in [-0.15, -0.1) is 0 Å². The molecular formula is C14H14N2O. The van der Waals surface area contributed by atoms with Crippen molar-refractivity contribution in [1.29, 1.82) is 0 Å². The van der Waals surface area contributed by atoms with Gasteiger partial charge in [-0.3, -0.25) is 4.79 Å². The molecule has 0 saturated carbocycles. The molecule has 0 aliphatic carbocycles. The van der Waals surface area contributed by atoms with Crippen LogP contribution in [0.5, 0.6) is 0 Å². The minimum Gasteiger partial charge on any atom is -0.398 e. The average molecular weight is 226 g/mol. The first-order valence-electron chi connectivity index (χ1n) is 5.39. The third-order valence-electron chi connectivity index (χ3n) is 2.72. The zero-order valence-electron chi connectivity index (χ0n) is 9.34. The van der Waals surface area contributed by atoms with E-state index >= 15 is 0 Å². The number of benzene rings is 2. The molecule has 0 unspecified atom stereocenters. The third-order valence-corrected chi connectivity index (χ3v) is 2.72. The molecule has 0 saturated heterocycles. The molecule has 3 heteroatoms. The van der Waals surface area contributed by atoms with E-state index in [1.165, 1.54) is 0 Å². The van der Waals surface area contributed by atoms with Gasteiger partial charge in [-0.1, -0.05) is 48.5 Å². The van der Waals surface area contributed by atoms with Gasteiger partial charge in [0, 0.05) is 5.69 Å². The van der Waals surface area contributed by atoms with Gasteiger partial charge in [0.2, 0.25) is 5.91 Å². The number of primary amides is 1. The number of para-hydroxylation sites is 1. The molecule has 0 radical (unpaired) electrons. The molecule has 2 rings (SSSR count). The first-order valence-corrected chi connectivity index (χ1v) is 5.39. The summed E-state index contributed by atoms with van der Waals surface area (Å²) in [6.45, 7) is 0. The number of hydrogen-bond acceptors (Lipinski definition) is 2. The van der Waals surface area contributed by atoms with Gasteiger partial charge in [0.05, 0.1) is 5.92 Å². The van der Waals surface area contributed by atoms with Crippen LogP contribution < -0.4 is 11.5 Å². The Balaban J connectivity index is 2.51. The molecule has 86 valence electrons. The van der Waals surface area contributed by atoms with Gasteiger partial charge in [-0.05, 0) is 17.2 Å². The fourth-order valence-corrected chi connectivity index (χ4v) is 1.92. The summed E-state index contributed by atoms with van der Waals surface area (Å²) in [5, 5.41) is 0. The van der Waals surface area contributed by atoms with Crippen LogP contribution in [0.3, 0.4) is 0 Å². The second kappa shape index (κ2) is 4.70. The van der Waals surface area contributed by atoms with Gasteiger partial charge in [0.25, 0.3) is 0 Å². The van der Waals surface area contributed by atoms with Gasteiger partial charge in [-0.2, -0.15) is 0 Å². The van der Waals surface area contributed by atoms with Gasteiger partial charge in [0.1, 0.15) is 0 Å². The minimum atomic E-state index is -0.489. The topological polar surface area (TPSA) is 69.1 Å². The van der Waals surface area contributed by atoms with Gasteiger partial charge in [-0.25, -0.2) is 0 Å². The molecule has 1 atom stereocenters. The Bertz CT molecular complexity index is 523. The van der Waals surface area contributed by atoms with Crippen molar-refractivity contribution in [3.63, 3.8) is 0 Å². The van der Waals surface area contributed by atoms with E-state index in [1.807, 2.05) is 48.5 Å². The van der Waals surface area contributed by atoms with E-state index in [9.17, 15) is 4.79 Å². The van der Waals surface area contributed by atoms with Crippen LogP contribution in [0.25, 0.3) is 0 Å². The van der Waals surface area contributed by atoms with Crippen molar-refractivity contribution in [2.45, 2.75) is 5.92 Å². The molecule has 0 aliphatic rings. The SMILES string of the molecule is NC(=O)[C@@H](c1ccccc1)c1ccccc1N. The second-order valence-electron chi connectivity index (χ2n) is 3.87. The molecule has 4 N–H and O–H groups in total. The smallest absolute Gasteiger partial charge is 0.229 e. The summed E-state index contributed by atoms with van der Waals surface area (Å²) in [6.07, 6.45) is 0. The van der Waals surface area contributed by atoms with Crippen LogP contribution in [0, 0.1) is 0 Å². The van der Waals surface area contributed by atoms with E-state index in [-0.39, 0.29) is 0 Å². The van der Waals surface area contributed by atoms with Crippen LogP contribution in [-0.2, 0) is 4.79 Å². The summed E-state index contributed by atoms with van der Waals surface area (Å²) >= 11 is 0. The van der Waals surface area contributed by atoms with E-state index in [2.05, 4.69) is 0 Å². The largest absolute Gasteiger partial charge is 0.398 e. The Hall–Kier alpha value is -2.29. The number of carbonyl (C=O) groups is 1. The molecule has 0 heterocycles. The van der Waals surface area contributed by atoms with Crippen molar-refractivity contribution in [2.75, 3.05) is 5.73 Å². The Kier molecular flexibility index (Phi) is 3.10. The first kappa shape index (κ1) is 11.2. The lowest BCUT2D eigenvalue weighted by Crippen LogP contribution is -2.23. The zero-order valence-corrected chi connectivity index (χ0v) is 9.34. The molecule has 0 spiro atoms. The zero-order chi connectivity index (χ0) is 12.3. The standard InChI is InChI=1S/C14H14N2O/c15-12-9-5-4-8-11(12)13(14(16)17)10-6-2-1-3-7-10/h1-9,13H,15H2,(H2,16,17)/t13-/m0/s1. The Morgan fingerprint density at radius 3 is 2.12 bits per heavy atom. The lowest BCUT2D eigenvalue weighted by atomic mass is 9.90. The fraction of sp³-hybridized carbons (Fsp3) is 0.0714. The predicted molar refractivity (Wildman–Crippen MR) is 68.3 cm³/mol. The summed E-state index contributed by atoms with van der Waals surface area (Å²) in [5.41, 5.74) is 13.6. The lowest BCUT2D eigenvalue weighted by Gasteiger charge is -2.16. The number of hydrogen-bond donors (Lipinski definition) is 2. The van der Waals surface area contributed by atoms with Crippen LogP contribution in [0.15, 0.2) is 54.6 Å². The van der Waals surface area contributed by atoms with Crippen LogP contribution >= 0.6 is 0 Å². The van der Waals surface area contributed by atoms with Gasteiger partial charge < -0.3 is 11.5 Å². The number of nitrogens with two attached hydrogens (primary N) is 2. The molecule has 0 fully saturated rings.